The molecule has 7 heteroatoms. The van der Waals surface area contributed by atoms with E-state index < -0.39 is 0 Å². The molecule has 0 bridgehead atoms. The highest BCUT2D eigenvalue weighted by atomic mass is 79.9. The van der Waals surface area contributed by atoms with Crippen LogP contribution in [0.5, 0.6) is 0 Å². The SMILES string of the molecule is Cn1cc(C(=O)NC2CCN(C(=O)C3CC3c3ccc(Br)cc3)CC2)cn1. The van der Waals surface area contributed by atoms with Gasteiger partial charge in [-0.05, 0) is 42.9 Å². The number of nitrogens with zero attached hydrogens (tertiary/aromatic N) is 3. The average molecular weight is 431 g/mol. The van der Waals surface area contributed by atoms with Gasteiger partial charge in [0.15, 0.2) is 0 Å². The maximum absolute atomic E-state index is 12.8. The Kier molecular flexibility index (Phi) is 5.04. The molecule has 2 amide bonds. The molecule has 2 atom stereocenters. The fraction of sp³-hybridized carbons (Fsp3) is 0.450. The highest BCUT2D eigenvalue weighted by Crippen LogP contribution is 2.48. The van der Waals surface area contributed by atoms with Crippen molar-refractivity contribution >= 4 is 27.7 Å². The highest BCUT2D eigenvalue weighted by Gasteiger charge is 2.46. The Hall–Kier alpha value is -2.15. The van der Waals surface area contributed by atoms with Gasteiger partial charge in [-0.25, -0.2) is 0 Å². The highest BCUT2D eigenvalue weighted by molar-refractivity contribution is 9.10. The second-order valence-electron chi connectivity index (χ2n) is 7.48. The summed E-state index contributed by atoms with van der Waals surface area (Å²) in [5, 5.41) is 7.09. The lowest BCUT2D eigenvalue weighted by Crippen LogP contribution is -2.47. The molecule has 6 nitrogen and oxygen atoms in total. The lowest BCUT2D eigenvalue weighted by atomic mass is 10.0. The zero-order chi connectivity index (χ0) is 19.0. The third kappa shape index (κ3) is 4.08. The van der Waals surface area contributed by atoms with Gasteiger partial charge in [0, 0.05) is 42.8 Å². The van der Waals surface area contributed by atoms with Crippen molar-refractivity contribution in [3.63, 3.8) is 0 Å². The summed E-state index contributed by atoms with van der Waals surface area (Å²) >= 11 is 3.45. The molecule has 2 unspecified atom stereocenters. The van der Waals surface area contributed by atoms with E-state index in [1.54, 1.807) is 24.1 Å². The zero-order valence-corrected chi connectivity index (χ0v) is 16.9. The van der Waals surface area contributed by atoms with Crippen molar-refractivity contribution in [2.24, 2.45) is 13.0 Å². The lowest BCUT2D eigenvalue weighted by Gasteiger charge is -2.32. The van der Waals surface area contributed by atoms with E-state index in [1.807, 2.05) is 17.0 Å². The van der Waals surface area contributed by atoms with E-state index >= 15 is 0 Å². The van der Waals surface area contributed by atoms with Crippen molar-refractivity contribution in [1.29, 1.82) is 0 Å². The third-order valence-corrected chi connectivity index (χ3v) is 6.04. The first-order valence-electron chi connectivity index (χ1n) is 9.35. The molecule has 27 heavy (non-hydrogen) atoms. The molecule has 2 aromatic rings. The van der Waals surface area contributed by atoms with Gasteiger partial charge in [-0.2, -0.15) is 5.10 Å². The number of carbonyl (C=O) groups excluding carboxylic acids is 2. The fourth-order valence-corrected chi connectivity index (χ4v) is 4.10. The van der Waals surface area contributed by atoms with E-state index in [-0.39, 0.29) is 23.8 Å². The number of halogens is 1. The third-order valence-electron chi connectivity index (χ3n) is 5.51. The molecule has 4 rings (SSSR count). The molecule has 142 valence electrons. The fourth-order valence-electron chi connectivity index (χ4n) is 3.83. The summed E-state index contributed by atoms with van der Waals surface area (Å²) < 4.78 is 2.68. The van der Waals surface area contributed by atoms with E-state index in [4.69, 9.17) is 0 Å². The summed E-state index contributed by atoms with van der Waals surface area (Å²) in [5.74, 6) is 0.645. The van der Waals surface area contributed by atoms with Crippen LogP contribution in [-0.4, -0.2) is 45.6 Å². The molecule has 1 saturated carbocycles. The van der Waals surface area contributed by atoms with Gasteiger partial charge in [-0.1, -0.05) is 28.1 Å². The van der Waals surface area contributed by atoms with E-state index in [2.05, 4.69) is 38.5 Å². The number of carbonyl (C=O) groups is 2. The smallest absolute Gasteiger partial charge is 0.254 e. The molecule has 1 aromatic carbocycles. The van der Waals surface area contributed by atoms with Gasteiger partial charge in [0.25, 0.3) is 5.91 Å². The number of hydrogen-bond donors (Lipinski definition) is 1. The Morgan fingerprint density at radius 1 is 1.19 bits per heavy atom. The molecule has 1 aromatic heterocycles. The summed E-state index contributed by atoms with van der Waals surface area (Å²) in [5.41, 5.74) is 1.82. The van der Waals surface area contributed by atoms with Gasteiger partial charge in [0.2, 0.25) is 5.91 Å². The quantitative estimate of drug-likeness (QED) is 0.810. The number of likely N-dealkylation sites (tertiary alicyclic amines) is 1. The number of aryl methyl sites for hydroxylation is 1. The standard InChI is InChI=1S/C20H23BrN4O2/c1-24-12-14(11-22-24)19(26)23-16-6-8-25(9-7-16)20(27)18-10-17(18)13-2-4-15(21)5-3-13/h2-5,11-12,16-18H,6-10H2,1H3,(H,23,26). The molecule has 1 aliphatic carbocycles. The van der Waals surface area contributed by atoms with Crippen molar-refractivity contribution in [2.45, 2.75) is 31.2 Å². The Labute approximate surface area is 167 Å². The Morgan fingerprint density at radius 2 is 1.89 bits per heavy atom. The normalized spacial score (nSPS) is 22.5. The predicted molar refractivity (Wildman–Crippen MR) is 105 cm³/mol. The van der Waals surface area contributed by atoms with Gasteiger partial charge in [-0.3, -0.25) is 14.3 Å². The van der Waals surface area contributed by atoms with E-state index in [0.29, 0.717) is 24.6 Å². The Balaban J connectivity index is 1.26. The molecule has 2 fully saturated rings. The zero-order valence-electron chi connectivity index (χ0n) is 15.3. The monoisotopic (exact) mass is 430 g/mol. The van der Waals surface area contributed by atoms with Crippen LogP contribution in [0.3, 0.4) is 0 Å². The summed E-state index contributed by atoms with van der Waals surface area (Å²) in [7, 11) is 1.79. The summed E-state index contributed by atoms with van der Waals surface area (Å²) in [4.78, 5) is 27.0. The minimum Gasteiger partial charge on any atom is -0.349 e. The Morgan fingerprint density at radius 3 is 2.52 bits per heavy atom. The molecule has 1 N–H and O–H groups in total. The first-order valence-corrected chi connectivity index (χ1v) is 10.1. The van der Waals surface area contributed by atoms with E-state index in [0.717, 1.165) is 23.7 Å². The van der Waals surface area contributed by atoms with Gasteiger partial charge in [0.05, 0.1) is 11.8 Å². The molecule has 2 aliphatic rings. The van der Waals surface area contributed by atoms with Gasteiger partial charge in [0.1, 0.15) is 0 Å². The summed E-state index contributed by atoms with van der Waals surface area (Å²) in [6.45, 7) is 1.42. The van der Waals surface area contributed by atoms with Crippen LogP contribution in [0.15, 0.2) is 41.1 Å². The van der Waals surface area contributed by atoms with Gasteiger partial charge >= 0.3 is 0 Å². The first-order chi connectivity index (χ1) is 13.0. The van der Waals surface area contributed by atoms with Crippen molar-refractivity contribution in [3.05, 3.63) is 52.3 Å². The topological polar surface area (TPSA) is 67.2 Å². The maximum atomic E-state index is 12.8. The summed E-state index contributed by atoms with van der Waals surface area (Å²) in [6, 6.07) is 8.38. The number of benzene rings is 1. The number of hydrogen-bond acceptors (Lipinski definition) is 3. The van der Waals surface area contributed by atoms with Crippen LogP contribution in [0.1, 0.15) is 41.1 Å². The Bertz CT molecular complexity index is 840. The van der Waals surface area contributed by atoms with E-state index in [9.17, 15) is 9.59 Å². The van der Waals surface area contributed by atoms with Gasteiger partial charge < -0.3 is 10.2 Å². The van der Waals surface area contributed by atoms with Crippen LogP contribution in [0, 0.1) is 5.92 Å². The summed E-state index contributed by atoms with van der Waals surface area (Å²) in [6.07, 6.45) is 5.83. The number of nitrogens with one attached hydrogen (secondary N) is 1. The van der Waals surface area contributed by atoms with Crippen LogP contribution in [-0.2, 0) is 11.8 Å². The van der Waals surface area contributed by atoms with Crippen LogP contribution >= 0.6 is 15.9 Å². The van der Waals surface area contributed by atoms with Crippen molar-refractivity contribution in [2.75, 3.05) is 13.1 Å². The molecular weight excluding hydrogens is 408 g/mol. The molecular formula is C20H23BrN4O2. The number of aromatic nitrogens is 2. The maximum Gasteiger partial charge on any atom is 0.254 e. The molecule has 1 aliphatic heterocycles. The number of rotatable bonds is 4. The molecule has 2 heterocycles. The number of piperidine rings is 1. The van der Waals surface area contributed by atoms with Crippen molar-refractivity contribution in [1.82, 2.24) is 20.0 Å². The van der Waals surface area contributed by atoms with Gasteiger partial charge in [-0.15, -0.1) is 0 Å². The first kappa shape index (κ1) is 18.2. The largest absolute Gasteiger partial charge is 0.349 e. The number of amides is 2. The molecule has 1 saturated heterocycles. The second-order valence-corrected chi connectivity index (χ2v) is 8.39. The predicted octanol–water partition coefficient (Wildman–Crippen LogP) is 2.71. The lowest BCUT2D eigenvalue weighted by molar-refractivity contribution is -0.133. The van der Waals surface area contributed by atoms with Crippen molar-refractivity contribution in [3.8, 4) is 0 Å². The minimum absolute atomic E-state index is 0.0922. The van der Waals surface area contributed by atoms with E-state index in [1.165, 1.54) is 5.56 Å². The average Bonchev–Trinajstić information content (AvgIpc) is 3.35. The molecule has 0 radical (unpaired) electrons. The van der Waals surface area contributed by atoms with Crippen LogP contribution < -0.4 is 5.32 Å². The molecule has 0 spiro atoms. The van der Waals surface area contributed by atoms with Crippen LogP contribution in [0.25, 0.3) is 0 Å². The van der Waals surface area contributed by atoms with Crippen molar-refractivity contribution < 1.29 is 9.59 Å². The second kappa shape index (κ2) is 7.46. The van der Waals surface area contributed by atoms with Crippen LogP contribution in [0.2, 0.25) is 0 Å². The minimum atomic E-state index is -0.0922. The van der Waals surface area contributed by atoms with Crippen LogP contribution in [0.4, 0.5) is 0 Å².